The minimum atomic E-state index is 0.358. The number of aryl methyl sites for hydroxylation is 2. The van der Waals surface area contributed by atoms with Crippen LogP contribution >= 0.6 is 0 Å². The Labute approximate surface area is 248 Å². The van der Waals surface area contributed by atoms with Crippen molar-refractivity contribution in [2.45, 2.75) is 58.4 Å². The SMILES string of the molecule is C=C[n+]1c(-c2c(CCC3c4ccc(C)cc4-c4cccc[n+]4C3C)ccc3c2oc2ccccc23)cccc1C(C)C. The van der Waals surface area contributed by atoms with E-state index in [-0.39, 0.29) is 0 Å². The first-order chi connectivity index (χ1) is 20.5. The number of furan rings is 1. The minimum Gasteiger partial charge on any atom is -0.455 e. The molecule has 4 heterocycles. The standard InChI is InChI=1S/C39H38N2O/c1-6-40-34(25(2)3)14-11-15-36(40)38-28(19-22-32-31-12-7-8-16-37(31)42-39(32)38)18-21-29-27(5)41-23-10-9-13-35(41)33-24-26(4)17-20-30(29)33/h6-17,19-20,22-25,27,29H,1,18,21H2,2-5H3/q+2. The third-order valence-electron chi connectivity index (χ3n) is 9.24. The number of nitrogens with zero attached hydrogens (tertiary/aromatic N) is 2. The maximum absolute atomic E-state index is 6.66. The zero-order valence-corrected chi connectivity index (χ0v) is 25.0. The molecule has 0 aliphatic carbocycles. The van der Waals surface area contributed by atoms with Gasteiger partial charge >= 0.3 is 0 Å². The van der Waals surface area contributed by atoms with Crippen molar-refractivity contribution in [3.05, 3.63) is 126 Å². The molecular formula is C39H38N2O+2. The fourth-order valence-electron chi connectivity index (χ4n) is 7.15. The largest absolute Gasteiger partial charge is 0.455 e. The van der Waals surface area contributed by atoms with Gasteiger partial charge in [-0.3, -0.25) is 0 Å². The van der Waals surface area contributed by atoms with Gasteiger partial charge in [-0.05, 0) is 68.7 Å². The van der Waals surface area contributed by atoms with E-state index in [1.165, 1.54) is 39.2 Å². The van der Waals surface area contributed by atoms with Crippen LogP contribution in [-0.4, -0.2) is 0 Å². The minimum absolute atomic E-state index is 0.358. The first-order valence-corrected chi connectivity index (χ1v) is 15.2. The van der Waals surface area contributed by atoms with E-state index < -0.39 is 0 Å². The number of para-hydroxylation sites is 1. The van der Waals surface area contributed by atoms with Crippen LogP contribution in [0, 0.1) is 6.92 Å². The van der Waals surface area contributed by atoms with Crippen LogP contribution < -0.4 is 9.13 Å². The molecule has 7 rings (SSSR count). The normalized spacial score (nSPS) is 16.1. The molecular weight excluding hydrogens is 512 g/mol. The summed E-state index contributed by atoms with van der Waals surface area (Å²) in [7, 11) is 0. The van der Waals surface area contributed by atoms with Crippen molar-refractivity contribution in [2.75, 3.05) is 0 Å². The number of aromatic nitrogens is 2. The molecule has 3 aromatic carbocycles. The van der Waals surface area contributed by atoms with Gasteiger partial charge in [-0.1, -0.05) is 61.9 Å². The highest BCUT2D eigenvalue weighted by Crippen LogP contribution is 2.43. The Kier molecular flexibility index (Phi) is 6.54. The van der Waals surface area contributed by atoms with Crippen LogP contribution in [0.3, 0.4) is 0 Å². The highest BCUT2D eigenvalue weighted by Gasteiger charge is 2.37. The zero-order valence-electron chi connectivity index (χ0n) is 25.0. The number of hydrogen-bond acceptors (Lipinski definition) is 1. The van der Waals surface area contributed by atoms with Crippen molar-refractivity contribution in [1.29, 1.82) is 0 Å². The maximum atomic E-state index is 6.66. The van der Waals surface area contributed by atoms with E-state index in [2.05, 4.69) is 135 Å². The van der Waals surface area contributed by atoms with E-state index >= 15 is 0 Å². The molecule has 3 nitrogen and oxygen atoms in total. The van der Waals surface area contributed by atoms with E-state index in [0.29, 0.717) is 17.9 Å². The molecule has 0 saturated heterocycles. The van der Waals surface area contributed by atoms with Crippen LogP contribution in [0.2, 0.25) is 0 Å². The van der Waals surface area contributed by atoms with Gasteiger partial charge in [0, 0.05) is 46.9 Å². The zero-order chi connectivity index (χ0) is 29.0. The Morgan fingerprint density at radius 3 is 2.52 bits per heavy atom. The molecule has 2 unspecified atom stereocenters. The predicted octanol–water partition coefficient (Wildman–Crippen LogP) is 9.32. The van der Waals surface area contributed by atoms with Gasteiger partial charge in [0.25, 0.3) is 0 Å². The van der Waals surface area contributed by atoms with Crippen molar-refractivity contribution in [3.63, 3.8) is 0 Å². The molecule has 0 radical (unpaired) electrons. The van der Waals surface area contributed by atoms with Crippen LogP contribution in [0.4, 0.5) is 0 Å². The van der Waals surface area contributed by atoms with Crippen LogP contribution in [0.15, 0.2) is 108 Å². The van der Waals surface area contributed by atoms with E-state index in [4.69, 9.17) is 4.42 Å². The van der Waals surface area contributed by atoms with Gasteiger partial charge in [0.15, 0.2) is 24.1 Å². The molecule has 3 aromatic heterocycles. The van der Waals surface area contributed by atoms with Crippen molar-refractivity contribution >= 4 is 28.1 Å². The molecule has 1 aliphatic heterocycles. The van der Waals surface area contributed by atoms with E-state index in [9.17, 15) is 0 Å². The molecule has 6 aromatic rings. The number of rotatable bonds is 6. The maximum Gasteiger partial charge on any atom is 0.222 e. The van der Waals surface area contributed by atoms with Crippen molar-refractivity contribution in [1.82, 2.24) is 0 Å². The Morgan fingerprint density at radius 2 is 1.69 bits per heavy atom. The molecule has 3 heteroatoms. The third-order valence-corrected chi connectivity index (χ3v) is 9.24. The van der Waals surface area contributed by atoms with Crippen LogP contribution in [0.1, 0.15) is 67.5 Å². The lowest BCUT2D eigenvalue weighted by molar-refractivity contribution is -0.714. The summed E-state index contributed by atoms with van der Waals surface area (Å²) in [6.45, 7) is 13.3. The highest BCUT2D eigenvalue weighted by atomic mass is 16.3. The van der Waals surface area contributed by atoms with Crippen LogP contribution in [-0.2, 0) is 6.42 Å². The van der Waals surface area contributed by atoms with Gasteiger partial charge in [0.1, 0.15) is 11.2 Å². The molecule has 0 spiro atoms. The lowest BCUT2D eigenvalue weighted by atomic mass is 9.79. The molecule has 0 bridgehead atoms. The summed E-state index contributed by atoms with van der Waals surface area (Å²) in [5, 5.41) is 2.31. The Balaban J connectivity index is 1.39. The molecule has 0 fully saturated rings. The second-order valence-electron chi connectivity index (χ2n) is 12.1. The Morgan fingerprint density at radius 1 is 0.881 bits per heavy atom. The van der Waals surface area contributed by atoms with E-state index in [1.807, 2.05) is 12.3 Å². The molecule has 0 N–H and O–H groups in total. The summed E-state index contributed by atoms with van der Waals surface area (Å²) in [6, 6.07) is 33.5. The van der Waals surface area contributed by atoms with Crippen molar-refractivity contribution in [2.24, 2.45) is 0 Å². The van der Waals surface area contributed by atoms with E-state index in [0.717, 1.165) is 40.5 Å². The fourth-order valence-corrected chi connectivity index (χ4v) is 7.15. The lowest BCUT2D eigenvalue weighted by Gasteiger charge is -2.29. The third kappa shape index (κ3) is 4.18. The quantitative estimate of drug-likeness (QED) is 0.189. The molecule has 0 amide bonds. The van der Waals surface area contributed by atoms with Gasteiger partial charge in [-0.2, -0.15) is 9.13 Å². The van der Waals surface area contributed by atoms with Crippen molar-refractivity contribution in [3.8, 4) is 22.5 Å². The summed E-state index contributed by atoms with van der Waals surface area (Å²) in [4.78, 5) is 0. The fraction of sp³-hybridized carbons (Fsp3) is 0.231. The highest BCUT2D eigenvalue weighted by molar-refractivity contribution is 6.09. The second-order valence-corrected chi connectivity index (χ2v) is 12.1. The smallest absolute Gasteiger partial charge is 0.222 e. The first-order valence-electron chi connectivity index (χ1n) is 15.2. The van der Waals surface area contributed by atoms with Gasteiger partial charge in [0.05, 0.1) is 11.1 Å². The summed E-state index contributed by atoms with van der Waals surface area (Å²) in [5.74, 6) is 0.759. The summed E-state index contributed by atoms with van der Waals surface area (Å²) in [6.07, 6.45) is 6.17. The molecule has 2 atom stereocenters. The average molecular weight is 551 g/mol. The molecule has 208 valence electrons. The number of benzene rings is 3. The average Bonchev–Trinajstić information content (AvgIpc) is 3.39. The summed E-state index contributed by atoms with van der Waals surface area (Å²) < 4.78 is 11.4. The Bertz CT molecular complexity index is 1980. The van der Waals surface area contributed by atoms with Gasteiger partial charge in [-0.25, -0.2) is 0 Å². The van der Waals surface area contributed by atoms with Crippen molar-refractivity contribution < 1.29 is 13.6 Å². The Hall–Kier alpha value is -4.50. The van der Waals surface area contributed by atoms with E-state index in [1.54, 1.807) is 0 Å². The molecule has 1 aliphatic rings. The lowest BCUT2D eigenvalue weighted by Crippen LogP contribution is -2.45. The predicted molar refractivity (Wildman–Crippen MR) is 172 cm³/mol. The second kappa shape index (κ2) is 10.4. The van der Waals surface area contributed by atoms with Gasteiger partial charge in [-0.15, -0.1) is 0 Å². The molecule has 0 saturated carbocycles. The monoisotopic (exact) mass is 550 g/mol. The van der Waals surface area contributed by atoms with Crippen LogP contribution in [0.5, 0.6) is 0 Å². The number of hydrogen-bond donors (Lipinski definition) is 0. The van der Waals surface area contributed by atoms with Crippen LogP contribution in [0.25, 0.3) is 50.7 Å². The topological polar surface area (TPSA) is 20.9 Å². The van der Waals surface area contributed by atoms with Gasteiger partial charge in [0.2, 0.25) is 11.4 Å². The number of pyridine rings is 2. The van der Waals surface area contributed by atoms with Gasteiger partial charge < -0.3 is 4.42 Å². The number of fused-ring (bicyclic) bond motifs is 6. The first kappa shape index (κ1) is 26.4. The molecule has 42 heavy (non-hydrogen) atoms. The summed E-state index contributed by atoms with van der Waals surface area (Å²) in [5.41, 5.74) is 12.1. The summed E-state index contributed by atoms with van der Waals surface area (Å²) >= 11 is 0.